The van der Waals surface area contributed by atoms with Crippen molar-refractivity contribution in [3.8, 4) is 0 Å². The molecule has 0 spiro atoms. The maximum Gasteiger partial charge on any atom is 0.239 e. The third kappa shape index (κ3) is 5.76. The Morgan fingerprint density at radius 3 is 2.56 bits per heavy atom. The summed E-state index contributed by atoms with van der Waals surface area (Å²) in [6.07, 6.45) is 5.91. The number of nitrogens with one attached hydrogen (secondary N) is 3. The normalized spacial score (nSPS) is 15.9. The summed E-state index contributed by atoms with van der Waals surface area (Å²) in [6, 6.07) is 0.336. The lowest BCUT2D eigenvalue weighted by molar-refractivity contribution is -0.120. The Bertz CT molecular complexity index is 601. The van der Waals surface area contributed by atoms with E-state index in [1.165, 1.54) is 19.3 Å². The zero-order valence-corrected chi connectivity index (χ0v) is 16.0. The molecule has 0 radical (unpaired) electrons. The van der Waals surface area contributed by atoms with Gasteiger partial charge in [-0.15, -0.1) is 0 Å². The standard InChI is InChI=1S/C18H32N6O/c1-5-19-18(20-11-16-13(2)23-24(4)14(16)3)21-12-17(25)22-15-9-7-6-8-10-15/h15H,5-12H2,1-4H3,(H,22,25)(H2,19,20,21). The van der Waals surface area contributed by atoms with Gasteiger partial charge in [-0.1, -0.05) is 19.3 Å². The van der Waals surface area contributed by atoms with Crippen LogP contribution in [0.2, 0.25) is 0 Å². The van der Waals surface area contributed by atoms with Crippen molar-refractivity contribution < 1.29 is 4.79 Å². The monoisotopic (exact) mass is 348 g/mol. The highest BCUT2D eigenvalue weighted by atomic mass is 16.2. The first-order valence-electron chi connectivity index (χ1n) is 9.31. The summed E-state index contributed by atoms with van der Waals surface area (Å²) >= 11 is 0. The number of aromatic nitrogens is 2. The van der Waals surface area contributed by atoms with Crippen LogP contribution in [0, 0.1) is 13.8 Å². The van der Waals surface area contributed by atoms with Gasteiger partial charge in [-0.3, -0.25) is 9.48 Å². The number of nitrogens with zero attached hydrogens (tertiary/aromatic N) is 3. The zero-order chi connectivity index (χ0) is 18.2. The van der Waals surface area contributed by atoms with E-state index < -0.39 is 0 Å². The number of rotatable bonds is 6. The molecular formula is C18H32N6O. The molecule has 1 aliphatic rings. The molecule has 1 amide bonds. The van der Waals surface area contributed by atoms with Crippen LogP contribution < -0.4 is 16.0 Å². The molecule has 3 N–H and O–H groups in total. The predicted molar refractivity (Wildman–Crippen MR) is 101 cm³/mol. The molecule has 1 aromatic heterocycles. The first-order valence-corrected chi connectivity index (χ1v) is 9.31. The molecular weight excluding hydrogens is 316 g/mol. The lowest BCUT2D eigenvalue weighted by Gasteiger charge is -2.23. The van der Waals surface area contributed by atoms with Crippen LogP contribution in [-0.4, -0.2) is 40.8 Å². The molecule has 0 bridgehead atoms. The van der Waals surface area contributed by atoms with Crippen LogP contribution in [0.15, 0.2) is 4.99 Å². The summed E-state index contributed by atoms with van der Waals surface area (Å²) in [5, 5.41) is 13.8. The second kappa shape index (κ2) is 9.44. The van der Waals surface area contributed by atoms with E-state index in [-0.39, 0.29) is 12.5 Å². The number of hydrogen-bond acceptors (Lipinski definition) is 3. The Morgan fingerprint density at radius 2 is 1.96 bits per heavy atom. The minimum Gasteiger partial charge on any atom is -0.357 e. The molecule has 25 heavy (non-hydrogen) atoms. The minimum absolute atomic E-state index is 0.0336. The lowest BCUT2D eigenvalue weighted by atomic mass is 9.95. The minimum atomic E-state index is 0.0336. The number of aliphatic imine (C=N–C) groups is 1. The van der Waals surface area contributed by atoms with Gasteiger partial charge < -0.3 is 16.0 Å². The molecule has 0 unspecified atom stereocenters. The van der Waals surface area contributed by atoms with Gasteiger partial charge in [-0.2, -0.15) is 5.10 Å². The molecule has 1 saturated carbocycles. The fourth-order valence-electron chi connectivity index (χ4n) is 3.24. The fraction of sp³-hybridized carbons (Fsp3) is 0.722. The molecule has 1 aliphatic carbocycles. The molecule has 1 aromatic rings. The van der Waals surface area contributed by atoms with E-state index in [2.05, 4.69) is 26.0 Å². The molecule has 0 atom stereocenters. The number of carbonyl (C=O) groups excluding carboxylic acids is 1. The van der Waals surface area contributed by atoms with Gasteiger partial charge in [0.1, 0.15) is 0 Å². The van der Waals surface area contributed by atoms with Crippen LogP contribution in [0.3, 0.4) is 0 Å². The van der Waals surface area contributed by atoms with Crippen molar-refractivity contribution in [3.05, 3.63) is 17.0 Å². The van der Waals surface area contributed by atoms with Gasteiger partial charge in [0.2, 0.25) is 5.91 Å². The van der Waals surface area contributed by atoms with Gasteiger partial charge in [-0.05, 0) is 33.6 Å². The number of guanidine groups is 1. The highest BCUT2D eigenvalue weighted by Gasteiger charge is 2.15. The predicted octanol–water partition coefficient (Wildman–Crippen LogP) is 1.54. The summed E-state index contributed by atoms with van der Waals surface area (Å²) in [4.78, 5) is 16.7. The topological polar surface area (TPSA) is 83.3 Å². The van der Waals surface area contributed by atoms with Crippen molar-refractivity contribution >= 4 is 11.9 Å². The van der Waals surface area contributed by atoms with E-state index in [0.717, 1.165) is 36.3 Å². The number of amides is 1. The van der Waals surface area contributed by atoms with Gasteiger partial charge in [0.05, 0.1) is 18.8 Å². The van der Waals surface area contributed by atoms with Gasteiger partial charge >= 0.3 is 0 Å². The summed E-state index contributed by atoms with van der Waals surface area (Å²) < 4.78 is 1.87. The first-order chi connectivity index (χ1) is 12.0. The van der Waals surface area contributed by atoms with Crippen LogP contribution in [0.25, 0.3) is 0 Å². The highest BCUT2D eigenvalue weighted by molar-refractivity contribution is 5.86. The Labute approximate surface area is 150 Å². The summed E-state index contributed by atoms with van der Waals surface area (Å²) in [5.74, 6) is 0.690. The quantitative estimate of drug-likeness (QED) is 0.538. The van der Waals surface area contributed by atoms with Crippen LogP contribution >= 0.6 is 0 Å². The van der Waals surface area contributed by atoms with Crippen LogP contribution in [-0.2, 0) is 18.4 Å². The van der Waals surface area contributed by atoms with Crippen LogP contribution in [0.4, 0.5) is 0 Å². The van der Waals surface area contributed by atoms with Crippen molar-refractivity contribution in [1.29, 1.82) is 0 Å². The molecule has 0 saturated heterocycles. The van der Waals surface area contributed by atoms with Gasteiger partial charge in [0, 0.05) is 30.9 Å². The van der Waals surface area contributed by atoms with E-state index in [1.807, 2.05) is 32.5 Å². The van der Waals surface area contributed by atoms with Crippen molar-refractivity contribution in [3.63, 3.8) is 0 Å². The van der Waals surface area contributed by atoms with Crippen molar-refractivity contribution in [2.75, 3.05) is 13.1 Å². The third-order valence-electron chi connectivity index (χ3n) is 4.79. The maximum atomic E-state index is 12.1. The number of aryl methyl sites for hydroxylation is 2. The van der Waals surface area contributed by atoms with Crippen LogP contribution in [0.1, 0.15) is 56.0 Å². The van der Waals surface area contributed by atoms with Crippen molar-refractivity contribution in [2.45, 2.75) is 65.5 Å². The number of carbonyl (C=O) groups is 1. The van der Waals surface area contributed by atoms with Gasteiger partial charge in [0.25, 0.3) is 0 Å². The largest absolute Gasteiger partial charge is 0.357 e. The second-order valence-electron chi connectivity index (χ2n) is 6.72. The summed E-state index contributed by atoms with van der Waals surface area (Å²) in [6.45, 7) is 7.60. The first kappa shape index (κ1) is 19.3. The van der Waals surface area contributed by atoms with E-state index in [1.54, 1.807) is 0 Å². The second-order valence-corrected chi connectivity index (χ2v) is 6.72. The number of hydrogen-bond donors (Lipinski definition) is 3. The fourth-order valence-corrected chi connectivity index (χ4v) is 3.24. The summed E-state index contributed by atoms with van der Waals surface area (Å²) in [5.41, 5.74) is 3.24. The van der Waals surface area contributed by atoms with E-state index in [0.29, 0.717) is 18.5 Å². The average molecular weight is 348 g/mol. The molecule has 1 heterocycles. The van der Waals surface area contributed by atoms with Gasteiger partial charge in [-0.25, -0.2) is 4.99 Å². The maximum absolute atomic E-state index is 12.1. The molecule has 0 aliphatic heterocycles. The third-order valence-corrected chi connectivity index (χ3v) is 4.79. The highest BCUT2D eigenvalue weighted by Crippen LogP contribution is 2.17. The molecule has 140 valence electrons. The Kier molecular flexibility index (Phi) is 7.28. The molecule has 0 aromatic carbocycles. The molecule has 2 rings (SSSR count). The average Bonchev–Trinajstić information content (AvgIpc) is 2.83. The Balaban J connectivity index is 1.87. The molecule has 1 fully saturated rings. The van der Waals surface area contributed by atoms with Gasteiger partial charge in [0.15, 0.2) is 5.96 Å². The Morgan fingerprint density at radius 1 is 1.24 bits per heavy atom. The molecule has 7 heteroatoms. The lowest BCUT2D eigenvalue weighted by Crippen LogP contribution is -2.46. The van der Waals surface area contributed by atoms with Crippen molar-refractivity contribution in [2.24, 2.45) is 12.0 Å². The zero-order valence-electron chi connectivity index (χ0n) is 16.0. The van der Waals surface area contributed by atoms with E-state index >= 15 is 0 Å². The van der Waals surface area contributed by atoms with E-state index in [4.69, 9.17) is 0 Å². The summed E-state index contributed by atoms with van der Waals surface area (Å²) in [7, 11) is 1.94. The smallest absolute Gasteiger partial charge is 0.239 e. The van der Waals surface area contributed by atoms with Crippen molar-refractivity contribution in [1.82, 2.24) is 25.7 Å². The Hall–Kier alpha value is -2.05. The SMILES string of the molecule is CCNC(=NCc1c(C)nn(C)c1C)NCC(=O)NC1CCCCC1. The van der Waals surface area contributed by atoms with Crippen LogP contribution in [0.5, 0.6) is 0 Å². The van der Waals surface area contributed by atoms with E-state index in [9.17, 15) is 4.79 Å². The molecule has 7 nitrogen and oxygen atoms in total.